The molecule has 2 amide bonds. The maximum atomic E-state index is 13.4. The zero-order chi connectivity index (χ0) is 29.0. The number of nitrogen functional groups attached to an aromatic ring is 1. The van der Waals surface area contributed by atoms with E-state index in [1.165, 1.54) is 23.8 Å². The topological polar surface area (TPSA) is 164 Å². The van der Waals surface area contributed by atoms with Crippen molar-refractivity contribution in [2.45, 2.75) is 38.6 Å². The molecule has 0 saturated carbocycles. The SMILES string of the molecule is CO/N=C(\C(=O)NC1C(=O)N2C(C(=S)OCOC(=O)C(C)(C)C)=C(CC3COCOC3)CS[C@H]12)c1csc(N)n1. The molecular formula is C24H31N5O8S3. The molecule has 4 rings (SSSR count). The van der Waals surface area contributed by atoms with Gasteiger partial charge in [0.05, 0.1) is 24.3 Å². The van der Waals surface area contributed by atoms with Gasteiger partial charge in [0.25, 0.3) is 11.8 Å². The fourth-order valence-corrected chi connectivity index (χ4v) is 6.35. The lowest BCUT2D eigenvalue weighted by molar-refractivity contribution is -0.160. The fourth-order valence-electron chi connectivity index (χ4n) is 4.15. The maximum absolute atomic E-state index is 13.4. The lowest BCUT2D eigenvalue weighted by Gasteiger charge is -2.50. The van der Waals surface area contributed by atoms with Crippen LogP contribution in [0.3, 0.4) is 0 Å². The highest BCUT2D eigenvalue weighted by molar-refractivity contribution is 8.00. The summed E-state index contributed by atoms with van der Waals surface area (Å²) in [5.41, 5.74) is 6.44. The molecule has 1 aromatic heterocycles. The van der Waals surface area contributed by atoms with Gasteiger partial charge in [-0.25, -0.2) is 4.98 Å². The first kappa shape index (κ1) is 30.2. The lowest BCUT2D eigenvalue weighted by atomic mass is 9.96. The minimum absolute atomic E-state index is 0.0253. The van der Waals surface area contributed by atoms with Crippen LogP contribution in [0.2, 0.25) is 0 Å². The van der Waals surface area contributed by atoms with Crippen molar-refractivity contribution in [3.63, 3.8) is 0 Å². The molecule has 2 fully saturated rings. The van der Waals surface area contributed by atoms with Crippen molar-refractivity contribution in [2.75, 3.05) is 45.4 Å². The number of nitrogens with one attached hydrogen (secondary N) is 1. The molecule has 3 aliphatic heterocycles. The highest BCUT2D eigenvalue weighted by Gasteiger charge is 2.54. The summed E-state index contributed by atoms with van der Waals surface area (Å²) in [6.45, 7) is 6.05. The molecule has 0 aromatic carbocycles. The molecule has 3 N–H and O–H groups in total. The summed E-state index contributed by atoms with van der Waals surface area (Å²) in [4.78, 5) is 49.1. The number of thiazole rings is 1. The number of hydrogen-bond donors (Lipinski definition) is 2. The van der Waals surface area contributed by atoms with Gasteiger partial charge in [-0.2, -0.15) is 0 Å². The zero-order valence-electron chi connectivity index (χ0n) is 22.5. The van der Waals surface area contributed by atoms with Crippen LogP contribution in [0, 0.1) is 11.3 Å². The monoisotopic (exact) mass is 613 g/mol. The van der Waals surface area contributed by atoms with Gasteiger partial charge in [-0.15, -0.1) is 23.1 Å². The molecule has 2 saturated heterocycles. The Labute approximate surface area is 244 Å². The van der Waals surface area contributed by atoms with Crippen molar-refractivity contribution in [1.82, 2.24) is 15.2 Å². The smallest absolute Gasteiger partial charge is 0.314 e. The number of nitrogens with two attached hydrogens (primary N) is 1. The van der Waals surface area contributed by atoms with E-state index in [1.54, 1.807) is 26.2 Å². The third kappa shape index (κ3) is 6.74. The van der Waals surface area contributed by atoms with Crippen molar-refractivity contribution < 1.29 is 38.2 Å². The van der Waals surface area contributed by atoms with Crippen LogP contribution < -0.4 is 11.1 Å². The standard InChI is InChI=1S/C24H31N5O8S3/c1-24(2,3)22(32)37-11-36-21(38)17-13(5-12-6-34-10-35-7-12)8-39-20-16(19(31)29(17)20)27-18(30)15(28-33-4)14-9-40-23(25)26-14/h9,12,16,20H,5-8,10-11H2,1-4H3,(H2,25,26)(H,27,30)/b28-15-/t16?,20-/m1/s1. The van der Waals surface area contributed by atoms with Gasteiger partial charge in [0.1, 0.15) is 31.0 Å². The number of ether oxygens (including phenoxy) is 4. The molecule has 3 aliphatic rings. The minimum atomic E-state index is -0.852. The van der Waals surface area contributed by atoms with E-state index in [-0.39, 0.29) is 40.2 Å². The van der Waals surface area contributed by atoms with E-state index in [0.29, 0.717) is 31.1 Å². The number of hydrogen-bond acceptors (Lipinski definition) is 14. The summed E-state index contributed by atoms with van der Waals surface area (Å²) < 4.78 is 21.7. The summed E-state index contributed by atoms with van der Waals surface area (Å²) in [6.07, 6.45) is 0.566. The van der Waals surface area contributed by atoms with Crippen LogP contribution in [0.25, 0.3) is 0 Å². The second-order valence-electron chi connectivity index (χ2n) is 10.2. The summed E-state index contributed by atoms with van der Waals surface area (Å²) in [6, 6.07) is -0.852. The second-order valence-corrected chi connectivity index (χ2v) is 12.5. The predicted molar refractivity (Wildman–Crippen MR) is 151 cm³/mol. The number of oxime groups is 1. The Bertz CT molecular complexity index is 1220. The molecular weight excluding hydrogens is 582 g/mol. The van der Waals surface area contributed by atoms with Crippen molar-refractivity contribution in [3.8, 4) is 0 Å². The normalized spacial score (nSPS) is 21.9. The Morgan fingerprint density at radius 2 is 2.02 bits per heavy atom. The molecule has 0 spiro atoms. The van der Waals surface area contributed by atoms with Gasteiger partial charge in [-0.05, 0) is 45.0 Å². The Hall–Kier alpha value is -2.79. The number of esters is 1. The van der Waals surface area contributed by atoms with Gasteiger partial charge in [0.2, 0.25) is 11.8 Å². The van der Waals surface area contributed by atoms with E-state index >= 15 is 0 Å². The van der Waals surface area contributed by atoms with Gasteiger partial charge in [-0.1, -0.05) is 5.16 Å². The molecule has 40 heavy (non-hydrogen) atoms. The second kappa shape index (κ2) is 12.8. The number of carbonyl (C=O) groups excluding carboxylic acids is 3. The third-order valence-electron chi connectivity index (χ3n) is 6.09. The average molecular weight is 614 g/mol. The van der Waals surface area contributed by atoms with Crippen LogP contribution in [0.4, 0.5) is 5.13 Å². The average Bonchev–Trinajstić information content (AvgIpc) is 3.35. The molecule has 2 atom stereocenters. The molecule has 13 nitrogen and oxygen atoms in total. The molecule has 16 heteroatoms. The Morgan fingerprint density at radius 1 is 1.30 bits per heavy atom. The molecule has 0 radical (unpaired) electrons. The summed E-state index contributed by atoms with van der Waals surface area (Å²) in [5.74, 6) is -0.855. The van der Waals surface area contributed by atoms with E-state index in [4.69, 9.17) is 41.7 Å². The largest absolute Gasteiger partial charge is 0.445 e. The molecule has 0 aliphatic carbocycles. The number of β-lactam (4-membered cyclic amide) rings is 1. The highest BCUT2D eigenvalue weighted by Crippen LogP contribution is 2.42. The van der Waals surface area contributed by atoms with Crippen molar-refractivity contribution in [1.29, 1.82) is 0 Å². The number of aromatic nitrogens is 1. The van der Waals surface area contributed by atoms with E-state index in [2.05, 4.69) is 15.5 Å². The van der Waals surface area contributed by atoms with E-state index < -0.39 is 35.5 Å². The van der Waals surface area contributed by atoms with E-state index in [0.717, 1.165) is 16.9 Å². The van der Waals surface area contributed by atoms with Crippen molar-refractivity contribution in [2.24, 2.45) is 16.5 Å². The van der Waals surface area contributed by atoms with Gasteiger partial charge >= 0.3 is 5.97 Å². The van der Waals surface area contributed by atoms with E-state index in [9.17, 15) is 14.4 Å². The molecule has 1 aromatic rings. The van der Waals surface area contributed by atoms with Crippen LogP contribution in [0.15, 0.2) is 21.8 Å². The number of anilines is 1. The van der Waals surface area contributed by atoms with Gasteiger partial charge in [0.15, 0.2) is 10.8 Å². The van der Waals surface area contributed by atoms with Gasteiger partial charge in [0, 0.05) is 17.1 Å². The van der Waals surface area contributed by atoms with Crippen LogP contribution in [0.1, 0.15) is 32.9 Å². The van der Waals surface area contributed by atoms with Crippen molar-refractivity contribution >= 4 is 69.0 Å². The molecule has 0 bridgehead atoms. The number of amides is 2. The number of nitrogens with zero attached hydrogens (tertiary/aromatic N) is 3. The van der Waals surface area contributed by atoms with Crippen LogP contribution in [0.5, 0.6) is 0 Å². The minimum Gasteiger partial charge on any atom is -0.445 e. The zero-order valence-corrected chi connectivity index (χ0v) is 24.9. The maximum Gasteiger partial charge on any atom is 0.314 e. The summed E-state index contributed by atoms with van der Waals surface area (Å²) in [5, 5.41) is 7.93. The van der Waals surface area contributed by atoms with E-state index in [1.807, 2.05) is 0 Å². The predicted octanol–water partition coefficient (Wildman–Crippen LogP) is 1.63. The first-order chi connectivity index (χ1) is 19.0. The van der Waals surface area contributed by atoms with Gasteiger partial charge in [-0.3, -0.25) is 19.3 Å². The highest BCUT2D eigenvalue weighted by atomic mass is 32.2. The van der Waals surface area contributed by atoms with Crippen LogP contribution in [-0.2, 0) is 38.2 Å². The number of thiocarbonyl (C=S) groups is 1. The first-order valence-electron chi connectivity index (χ1n) is 12.3. The number of thioether (sulfide) groups is 1. The lowest BCUT2D eigenvalue weighted by Crippen LogP contribution is -2.71. The number of fused-ring (bicyclic) bond motifs is 1. The van der Waals surface area contributed by atoms with Crippen LogP contribution in [-0.4, -0.2) is 89.5 Å². The molecule has 4 heterocycles. The Morgan fingerprint density at radius 3 is 2.65 bits per heavy atom. The number of rotatable bonds is 9. The first-order valence-corrected chi connectivity index (χ1v) is 14.6. The quantitative estimate of drug-likeness (QED) is 0.103. The molecule has 218 valence electrons. The van der Waals surface area contributed by atoms with Crippen LogP contribution >= 0.6 is 35.3 Å². The summed E-state index contributed by atoms with van der Waals surface area (Å²) in [7, 11) is 1.30. The van der Waals surface area contributed by atoms with Gasteiger partial charge < -0.3 is 34.8 Å². The molecule has 1 unspecified atom stereocenters. The Balaban J connectivity index is 1.50. The fraction of sp³-hybridized carbons (Fsp3) is 0.583. The Kier molecular flexibility index (Phi) is 9.66. The van der Waals surface area contributed by atoms with Crippen molar-refractivity contribution in [3.05, 3.63) is 22.3 Å². The summed E-state index contributed by atoms with van der Waals surface area (Å²) >= 11 is 8.21. The third-order valence-corrected chi connectivity index (χ3v) is 8.42. The number of carbonyl (C=O) groups is 3.